The summed E-state index contributed by atoms with van der Waals surface area (Å²) in [5.74, 6) is 0.992. The van der Waals surface area contributed by atoms with Crippen LogP contribution in [0, 0.1) is 0 Å². The molecule has 0 saturated carbocycles. The molecule has 0 saturated heterocycles. The first-order valence-electron chi connectivity index (χ1n) is 12.7. The molecule has 4 aromatic carbocycles. The van der Waals surface area contributed by atoms with Gasteiger partial charge >= 0.3 is 0 Å². The van der Waals surface area contributed by atoms with Crippen molar-refractivity contribution in [2.24, 2.45) is 5.10 Å². The van der Waals surface area contributed by atoms with Gasteiger partial charge in [-0.05, 0) is 73.2 Å². The smallest absolute Gasteiger partial charge is 0.280 e. The van der Waals surface area contributed by atoms with Crippen molar-refractivity contribution in [1.82, 2.24) is 15.2 Å². The fraction of sp³-hybridized carbons (Fsp3) is 0.0938. The van der Waals surface area contributed by atoms with Gasteiger partial charge in [0.1, 0.15) is 23.8 Å². The van der Waals surface area contributed by atoms with Gasteiger partial charge in [0.05, 0.1) is 11.9 Å². The number of ether oxygens (including phenoxy) is 2. The molecule has 1 atom stereocenters. The molecule has 1 aromatic heterocycles. The Kier molecular flexibility index (Phi) is 8.68. The molecule has 0 aliphatic heterocycles. The summed E-state index contributed by atoms with van der Waals surface area (Å²) in [7, 11) is 0. The SMILES string of the molecule is C[C@@H](Oc1ccc(Br)cc1)C(=O)N/N=C\c1cn(-c2ccccc2)nc1-c1ccc(OCc2ccccc2)cc1. The van der Waals surface area contributed by atoms with Crippen molar-refractivity contribution in [3.8, 4) is 28.4 Å². The van der Waals surface area contributed by atoms with Crippen LogP contribution in [0.1, 0.15) is 18.1 Å². The van der Waals surface area contributed by atoms with E-state index in [0.29, 0.717) is 12.4 Å². The molecule has 0 spiro atoms. The number of rotatable bonds is 10. The minimum absolute atomic E-state index is 0.365. The normalized spacial score (nSPS) is 11.8. The molecule has 40 heavy (non-hydrogen) atoms. The zero-order valence-electron chi connectivity index (χ0n) is 21.8. The van der Waals surface area contributed by atoms with Crippen LogP contribution in [0.3, 0.4) is 0 Å². The Morgan fingerprint density at radius 1 is 0.925 bits per heavy atom. The van der Waals surface area contributed by atoms with E-state index in [2.05, 4.69) is 26.5 Å². The van der Waals surface area contributed by atoms with Crippen molar-refractivity contribution >= 4 is 28.1 Å². The predicted molar refractivity (Wildman–Crippen MR) is 160 cm³/mol. The Bertz CT molecular complexity index is 1570. The zero-order valence-corrected chi connectivity index (χ0v) is 23.4. The van der Waals surface area contributed by atoms with Crippen LogP contribution in [0.25, 0.3) is 16.9 Å². The highest BCUT2D eigenvalue weighted by atomic mass is 79.9. The molecule has 0 fully saturated rings. The summed E-state index contributed by atoms with van der Waals surface area (Å²) in [6.45, 7) is 2.16. The lowest BCUT2D eigenvalue weighted by molar-refractivity contribution is -0.127. The third kappa shape index (κ3) is 7.03. The molecule has 5 aromatic rings. The molecule has 0 radical (unpaired) electrons. The maximum atomic E-state index is 12.6. The largest absolute Gasteiger partial charge is 0.489 e. The van der Waals surface area contributed by atoms with Crippen molar-refractivity contribution in [1.29, 1.82) is 0 Å². The molecule has 0 unspecified atom stereocenters. The molecule has 7 nitrogen and oxygen atoms in total. The molecule has 0 bridgehead atoms. The van der Waals surface area contributed by atoms with Crippen LogP contribution in [0.2, 0.25) is 0 Å². The molecule has 5 rings (SSSR count). The van der Waals surface area contributed by atoms with Crippen LogP contribution in [0.15, 0.2) is 125 Å². The Morgan fingerprint density at radius 3 is 2.27 bits per heavy atom. The van der Waals surface area contributed by atoms with Crippen molar-refractivity contribution in [2.45, 2.75) is 19.6 Å². The van der Waals surface area contributed by atoms with E-state index < -0.39 is 6.10 Å². The first-order valence-corrected chi connectivity index (χ1v) is 13.5. The minimum atomic E-state index is -0.728. The lowest BCUT2D eigenvalue weighted by atomic mass is 10.1. The molecule has 200 valence electrons. The summed E-state index contributed by atoms with van der Waals surface area (Å²) < 4.78 is 14.4. The highest BCUT2D eigenvalue weighted by Crippen LogP contribution is 2.25. The number of para-hydroxylation sites is 1. The summed E-state index contributed by atoms with van der Waals surface area (Å²) >= 11 is 3.39. The van der Waals surface area contributed by atoms with Crippen LogP contribution in [0.4, 0.5) is 0 Å². The number of benzene rings is 4. The number of carbonyl (C=O) groups is 1. The van der Waals surface area contributed by atoms with Crippen molar-refractivity contribution < 1.29 is 14.3 Å². The molecule has 1 amide bonds. The fourth-order valence-corrected chi connectivity index (χ4v) is 4.16. The summed E-state index contributed by atoms with van der Waals surface area (Å²) in [6, 6.07) is 34.9. The fourth-order valence-electron chi connectivity index (χ4n) is 3.90. The van der Waals surface area contributed by atoms with Gasteiger partial charge in [0.25, 0.3) is 5.91 Å². The van der Waals surface area contributed by atoms with Gasteiger partial charge in [0.15, 0.2) is 6.10 Å². The van der Waals surface area contributed by atoms with Gasteiger partial charge < -0.3 is 9.47 Å². The van der Waals surface area contributed by atoms with E-state index in [-0.39, 0.29) is 5.91 Å². The lowest BCUT2D eigenvalue weighted by Crippen LogP contribution is -2.33. The highest BCUT2D eigenvalue weighted by molar-refractivity contribution is 9.10. The van der Waals surface area contributed by atoms with Gasteiger partial charge in [0, 0.05) is 21.8 Å². The van der Waals surface area contributed by atoms with Gasteiger partial charge in [-0.3, -0.25) is 4.79 Å². The molecule has 1 heterocycles. The van der Waals surface area contributed by atoms with Gasteiger partial charge in [-0.2, -0.15) is 10.2 Å². The van der Waals surface area contributed by atoms with Crippen molar-refractivity contribution in [2.75, 3.05) is 0 Å². The molecular weight excluding hydrogens is 568 g/mol. The first kappa shape index (κ1) is 26.9. The number of halogens is 1. The standard InChI is InChI=1S/C32H27BrN4O3/c1-23(40-30-18-14-27(33)15-19-30)32(38)35-34-20-26-21-37(28-10-6-3-7-11-28)36-31(26)25-12-16-29(17-13-25)39-22-24-8-4-2-5-9-24/h2-21,23H,22H2,1H3,(H,35,38)/b34-20-/t23-/m1/s1. The van der Waals surface area contributed by atoms with Crippen LogP contribution in [0.5, 0.6) is 11.5 Å². The van der Waals surface area contributed by atoms with E-state index in [1.807, 2.05) is 103 Å². The number of nitrogens with zero attached hydrogens (tertiary/aromatic N) is 3. The van der Waals surface area contributed by atoms with Crippen LogP contribution >= 0.6 is 15.9 Å². The molecule has 1 N–H and O–H groups in total. The van der Waals surface area contributed by atoms with Crippen molar-refractivity contribution in [3.05, 3.63) is 131 Å². The average molecular weight is 595 g/mol. The van der Waals surface area contributed by atoms with Crippen LogP contribution in [-0.4, -0.2) is 28.0 Å². The van der Waals surface area contributed by atoms with E-state index in [1.165, 1.54) is 0 Å². The van der Waals surface area contributed by atoms with Gasteiger partial charge in [-0.25, -0.2) is 10.1 Å². The van der Waals surface area contributed by atoms with Crippen LogP contribution in [-0.2, 0) is 11.4 Å². The van der Waals surface area contributed by atoms with Crippen LogP contribution < -0.4 is 14.9 Å². The van der Waals surface area contributed by atoms with Gasteiger partial charge in [0.2, 0.25) is 0 Å². The topological polar surface area (TPSA) is 77.7 Å². The third-order valence-corrected chi connectivity index (χ3v) is 6.54. The summed E-state index contributed by atoms with van der Waals surface area (Å²) in [5.41, 5.74) is 6.93. The number of carbonyl (C=O) groups excluding carboxylic acids is 1. The third-order valence-electron chi connectivity index (χ3n) is 6.01. The second-order valence-electron chi connectivity index (χ2n) is 8.96. The Hall–Kier alpha value is -4.69. The molecule has 0 aliphatic carbocycles. The molecule has 0 aliphatic rings. The average Bonchev–Trinajstić information content (AvgIpc) is 3.42. The van der Waals surface area contributed by atoms with Crippen molar-refractivity contribution in [3.63, 3.8) is 0 Å². The highest BCUT2D eigenvalue weighted by Gasteiger charge is 2.15. The Morgan fingerprint density at radius 2 is 1.57 bits per heavy atom. The number of hydrazone groups is 1. The number of amides is 1. The zero-order chi connectivity index (χ0) is 27.7. The molecular formula is C32H27BrN4O3. The molecule has 8 heteroatoms. The maximum absolute atomic E-state index is 12.6. The summed E-state index contributed by atoms with van der Waals surface area (Å²) in [5, 5.41) is 9.02. The van der Waals surface area contributed by atoms with E-state index in [1.54, 1.807) is 30.0 Å². The number of hydrogen-bond donors (Lipinski definition) is 1. The number of aromatic nitrogens is 2. The maximum Gasteiger partial charge on any atom is 0.280 e. The minimum Gasteiger partial charge on any atom is -0.489 e. The quantitative estimate of drug-likeness (QED) is 0.142. The van der Waals surface area contributed by atoms with E-state index in [4.69, 9.17) is 14.6 Å². The summed E-state index contributed by atoms with van der Waals surface area (Å²) in [6.07, 6.45) is 2.74. The van der Waals surface area contributed by atoms with E-state index in [0.717, 1.165) is 38.3 Å². The number of nitrogens with one attached hydrogen (secondary N) is 1. The van der Waals surface area contributed by atoms with Gasteiger partial charge in [-0.15, -0.1) is 0 Å². The first-order chi connectivity index (χ1) is 19.5. The van der Waals surface area contributed by atoms with E-state index >= 15 is 0 Å². The Balaban J connectivity index is 1.31. The van der Waals surface area contributed by atoms with E-state index in [9.17, 15) is 4.79 Å². The second kappa shape index (κ2) is 12.9. The number of hydrogen-bond acceptors (Lipinski definition) is 5. The predicted octanol–water partition coefficient (Wildman–Crippen LogP) is 6.80. The Labute approximate surface area is 241 Å². The summed E-state index contributed by atoms with van der Waals surface area (Å²) in [4.78, 5) is 12.6. The second-order valence-corrected chi connectivity index (χ2v) is 9.88. The lowest BCUT2D eigenvalue weighted by Gasteiger charge is -2.12. The monoisotopic (exact) mass is 594 g/mol. The van der Waals surface area contributed by atoms with Gasteiger partial charge in [-0.1, -0.05) is 64.5 Å².